The van der Waals surface area contributed by atoms with Gasteiger partial charge in [-0.2, -0.15) is 10.4 Å². The van der Waals surface area contributed by atoms with Gasteiger partial charge >= 0.3 is 0 Å². The maximum atomic E-state index is 13.5. The van der Waals surface area contributed by atoms with Crippen molar-refractivity contribution in [2.24, 2.45) is 40.4 Å². The number of Topliss-reactive ketones (excluding diaryl/α,β-unsaturated/α-hetero) is 1. The topological polar surface area (TPSA) is 113 Å². The fourth-order valence-corrected chi connectivity index (χ4v) is 10.2. The van der Waals surface area contributed by atoms with E-state index in [4.69, 9.17) is 5.26 Å². The molecule has 0 radical (unpaired) electrons. The van der Waals surface area contributed by atoms with Gasteiger partial charge < -0.3 is 5.11 Å². The Balaban J connectivity index is 1.38. The van der Waals surface area contributed by atoms with Crippen molar-refractivity contribution < 1.29 is 18.3 Å². The Kier molecular flexibility index (Phi) is 6.43. The van der Waals surface area contributed by atoms with Crippen molar-refractivity contribution in [2.75, 3.05) is 12.0 Å². The molecule has 7 nitrogen and oxygen atoms in total. The van der Waals surface area contributed by atoms with Crippen LogP contribution in [0.3, 0.4) is 0 Å². The first kappa shape index (κ1) is 25.9. The molecule has 4 aliphatic carbocycles. The SMILES string of the molecule is C[C@@]1(O)CC[C@@]2(CCS(C)(=O)=O)[C@H](CC[C@H]3[C@@H]4CC[C@H](C(=O)Cn5cc(C#N)cn5)[C@@]4(C)CC[C@@H]32)C1. The standard InChI is InChI=1S/C28H41N3O4S/c1-26(33)10-11-28(12-13-36(3,34)35)20(14-26)4-5-21-22-6-7-24(27(22,2)9-8-23(21)28)25(32)18-31-17-19(15-29)16-30-31/h16-17,20-24,33H,4-14,18H2,1-3H3/t20-,21+,22+,23+,24-,26-,27+,28-/m1/s1. The molecule has 0 aliphatic heterocycles. The largest absolute Gasteiger partial charge is 0.390 e. The fraction of sp³-hybridized carbons (Fsp3) is 0.821. The van der Waals surface area contributed by atoms with Crippen LogP contribution >= 0.6 is 0 Å². The van der Waals surface area contributed by atoms with Gasteiger partial charge in [0.05, 0.1) is 29.7 Å². The summed E-state index contributed by atoms with van der Waals surface area (Å²) in [6.07, 6.45) is 13.8. The number of fused-ring (bicyclic) bond motifs is 5. The number of aromatic nitrogens is 2. The Morgan fingerprint density at radius 2 is 1.94 bits per heavy atom. The van der Waals surface area contributed by atoms with Crippen LogP contribution in [0.15, 0.2) is 12.4 Å². The van der Waals surface area contributed by atoms with E-state index in [1.54, 1.807) is 10.9 Å². The van der Waals surface area contributed by atoms with E-state index >= 15 is 0 Å². The zero-order valence-corrected chi connectivity index (χ0v) is 22.8. The second-order valence-electron chi connectivity index (χ2n) is 13.1. The molecular weight excluding hydrogens is 474 g/mol. The number of rotatable bonds is 6. The van der Waals surface area contributed by atoms with Gasteiger partial charge in [0.15, 0.2) is 5.78 Å². The molecule has 36 heavy (non-hydrogen) atoms. The highest BCUT2D eigenvalue weighted by Gasteiger charge is 2.62. The van der Waals surface area contributed by atoms with Crippen LogP contribution in [0.4, 0.5) is 0 Å². The minimum atomic E-state index is -3.06. The minimum absolute atomic E-state index is 0.00923. The van der Waals surface area contributed by atoms with E-state index in [2.05, 4.69) is 18.1 Å². The van der Waals surface area contributed by atoms with Crippen LogP contribution < -0.4 is 0 Å². The molecule has 0 aromatic carbocycles. The molecule has 1 heterocycles. The van der Waals surface area contributed by atoms with Gasteiger partial charge in [-0.3, -0.25) is 9.48 Å². The normalized spacial score (nSPS) is 42.1. The molecule has 198 valence electrons. The summed E-state index contributed by atoms with van der Waals surface area (Å²) in [5.41, 5.74) is -0.228. The van der Waals surface area contributed by atoms with Crippen molar-refractivity contribution in [3.8, 4) is 6.07 Å². The highest BCUT2D eigenvalue weighted by Crippen LogP contribution is 2.69. The van der Waals surface area contributed by atoms with Crippen LogP contribution in [0, 0.1) is 51.8 Å². The predicted octanol–water partition coefficient (Wildman–Crippen LogP) is 4.15. The molecule has 8 atom stereocenters. The van der Waals surface area contributed by atoms with Gasteiger partial charge in [-0.05, 0) is 106 Å². The number of nitrogens with zero attached hydrogens (tertiary/aromatic N) is 3. The molecule has 0 unspecified atom stereocenters. The molecular formula is C28H41N3O4S. The molecule has 4 aliphatic rings. The summed E-state index contributed by atoms with van der Waals surface area (Å²) in [7, 11) is -3.06. The first-order valence-corrected chi connectivity index (χ1v) is 15.8. The zero-order chi connectivity index (χ0) is 25.9. The summed E-state index contributed by atoms with van der Waals surface area (Å²) in [5.74, 6) is 2.32. The number of hydrogen-bond acceptors (Lipinski definition) is 6. The number of sulfone groups is 1. The number of hydrogen-bond donors (Lipinski definition) is 1. The van der Waals surface area contributed by atoms with Crippen LogP contribution in [0.25, 0.3) is 0 Å². The summed E-state index contributed by atoms with van der Waals surface area (Å²) in [6.45, 7) is 4.50. The predicted molar refractivity (Wildman–Crippen MR) is 136 cm³/mol. The quantitative estimate of drug-likeness (QED) is 0.609. The van der Waals surface area contributed by atoms with Crippen molar-refractivity contribution in [3.05, 3.63) is 18.0 Å². The van der Waals surface area contributed by atoms with Crippen molar-refractivity contribution in [1.82, 2.24) is 9.78 Å². The summed E-state index contributed by atoms with van der Waals surface area (Å²) in [5, 5.41) is 24.2. The van der Waals surface area contributed by atoms with Gasteiger partial charge in [0, 0.05) is 18.4 Å². The molecule has 4 fully saturated rings. The number of carbonyl (C=O) groups excluding carboxylic acids is 1. The Labute approximate surface area is 215 Å². The Morgan fingerprint density at radius 1 is 1.17 bits per heavy atom. The van der Waals surface area contributed by atoms with Crippen molar-refractivity contribution in [3.63, 3.8) is 0 Å². The molecule has 1 aromatic rings. The fourth-order valence-electron chi connectivity index (χ4n) is 9.41. The smallest absolute Gasteiger partial charge is 0.157 e. The van der Waals surface area contributed by atoms with Gasteiger partial charge in [0.25, 0.3) is 0 Å². The molecule has 1 aromatic heterocycles. The number of nitriles is 1. The lowest BCUT2D eigenvalue weighted by atomic mass is 9.42. The third-order valence-corrected chi connectivity index (χ3v) is 12.0. The number of aliphatic hydroxyl groups is 1. The van der Waals surface area contributed by atoms with Gasteiger partial charge in [-0.15, -0.1) is 0 Å². The lowest BCUT2D eigenvalue weighted by Gasteiger charge is -2.63. The summed E-state index contributed by atoms with van der Waals surface area (Å²) < 4.78 is 26.1. The number of carbonyl (C=O) groups is 1. The summed E-state index contributed by atoms with van der Waals surface area (Å²) >= 11 is 0. The molecule has 5 rings (SSSR count). The average Bonchev–Trinajstić information content (AvgIpc) is 3.40. The van der Waals surface area contributed by atoms with Crippen LogP contribution in [0.5, 0.6) is 0 Å². The summed E-state index contributed by atoms with van der Waals surface area (Å²) in [6, 6.07) is 2.08. The third kappa shape index (κ3) is 4.45. The van der Waals surface area contributed by atoms with Crippen molar-refractivity contribution in [2.45, 2.75) is 90.2 Å². The van der Waals surface area contributed by atoms with E-state index in [0.29, 0.717) is 35.7 Å². The molecule has 8 heteroatoms. The lowest BCUT2D eigenvalue weighted by Crippen LogP contribution is -2.57. The Bertz CT molecular complexity index is 1170. The maximum Gasteiger partial charge on any atom is 0.157 e. The van der Waals surface area contributed by atoms with Gasteiger partial charge in [0.2, 0.25) is 0 Å². The van der Waals surface area contributed by atoms with E-state index in [0.717, 1.165) is 57.8 Å². The second kappa shape index (κ2) is 8.94. The van der Waals surface area contributed by atoms with E-state index in [-0.39, 0.29) is 34.8 Å². The highest BCUT2D eigenvalue weighted by molar-refractivity contribution is 7.90. The monoisotopic (exact) mass is 515 g/mol. The van der Waals surface area contributed by atoms with E-state index in [1.807, 2.05) is 6.92 Å². The van der Waals surface area contributed by atoms with Gasteiger partial charge in [-0.1, -0.05) is 6.92 Å². The molecule has 1 N–H and O–H groups in total. The molecule has 0 bridgehead atoms. The second-order valence-corrected chi connectivity index (χ2v) is 15.4. The molecule has 0 spiro atoms. The maximum absolute atomic E-state index is 13.5. The average molecular weight is 516 g/mol. The van der Waals surface area contributed by atoms with Crippen LogP contribution in [-0.2, 0) is 21.2 Å². The van der Waals surface area contributed by atoms with E-state index < -0.39 is 15.4 Å². The highest BCUT2D eigenvalue weighted by atomic mass is 32.2. The summed E-state index contributed by atoms with van der Waals surface area (Å²) in [4.78, 5) is 13.5. The van der Waals surface area contributed by atoms with E-state index in [1.165, 1.54) is 12.5 Å². The third-order valence-electron chi connectivity index (χ3n) is 11.1. The van der Waals surface area contributed by atoms with Gasteiger partial charge in [-0.25, -0.2) is 8.42 Å². The minimum Gasteiger partial charge on any atom is -0.390 e. The first-order chi connectivity index (χ1) is 16.9. The Morgan fingerprint density at radius 3 is 2.64 bits per heavy atom. The van der Waals surface area contributed by atoms with Gasteiger partial charge in [0.1, 0.15) is 15.9 Å². The van der Waals surface area contributed by atoms with Crippen molar-refractivity contribution >= 4 is 15.6 Å². The van der Waals surface area contributed by atoms with Crippen LogP contribution in [-0.4, -0.2) is 46.7 Å². The van der Waals surface area contributed by atoms with E-state index in [9.17, 15) is 18.3 Å². The van der Waals surface area contributed by atoms with Crippen LogP contribution in [0.1, 0.15) is 83.6 Å². The first-order valence-electron chi connectivity index (χ1n) is 13.7. The van der Waals surface area contributed by atoms with Crippen LogP contribution in [0.2, 0.25) is 0 Å². The molecule has 0 saturated heterocycles. The number of ketones is 1. The molecule has 4 saturated carbocycles. The molecule has 0 amide bonds. The lowest BCUT2D eigenvalue weighted by molar-refractivity contribution is -0.158. The Hall–Kier alpha value is -1.72. The van der Waals surface area contributed by atoms with Crippen molar-refractivity contribution in [1.29, 1.82) is 5.26 Å². The zero-order valence-electron chi connectivity index (χ0n) is 21.9.